The first-order chi connectivity index (χ1) is 12.6. The van der Waals surface area contributed by atoms with Crippen molar-refractivity contribution in [1.29, 1.82) is 5.26 Å². The van der Waals surface area contributed by atoms with Crippen LogP contribution in [0, 0.1) is 11.3 Å². The normalized spacial score (nSPS) is 11.0. The van der Waals surface area contributed by atoms with E-state index in [1.54, 1.807) is 41.8 Å². The van der Waals surface area contributed by atoms with Gasteiger partial charge in [-0.2, -0.15) is 5.26 Å². The van der Waals surface area contributed by atoms with Gasteiger partial charge in [-0.3, -0.25) is 4.79 Å². The molecule has 0 unspecified atom stereocenters. The van der Waals surface area contributed by atoms with Gasteiger partial charge in [-0.1, -0.05) is 35.9 Å². The number of carbonyl (C=O) groups excluding carboxylic acids is 1. The highest BCUT2D eigenvalue weighted by molar-refractivity contribution is 7.13. The summed E-state index contributed by atoms with van der Waals surface area (Å²) in [5.41, 5.74) is 1.90. The molecule has 1 heterocycles. The number of halogens is 1. The van der Waals surface area contributed by atoms with Gasteiger partial charge in [0.2, 0.25) is 5.78 Å². The lowest BCUT2D eigenvalue weighted by Crippen LogP contribution is -2.02. The third kappa shape index (κ3) is 3.99. The van der Waals surface area contributed by atoms with Crippen LogP contribution in [0.15, 0.2) is 59.5 Å². The Morgan fingerprint density at radius 1 is 1.27 bits per heavy atom. The first-order valence-corrected chi connectivity index (χ1v) is 8.88. The van der Waals surface area contributed by atoms with E-state index in [0.29, 0.717) is 22.0 Å². The Hall–Kier alpha value is -2.94. The first kappa shape index (κ1) is 17.9. The molecule has 0 aliphatic rings. The quantitative estimate of drug-likeness (QED) is 0.344. The second kappa shape index (κ2) is 7.96. The van der Waals surface area contributed by atoms with Crippen LogP contribution in [0.3, 0.4) is 0 Å². The third-order valence-corrected chi connectivity index (χ3v) is 4.76. The highest BCUT2D eigenvalue weighted by atomic mass is 35.5. The first-order valence-electron chi connectivity index (χ1n) is 7.62. The fourth-order valence-electron chi connectivity index (χ4n) is 2.29. The smallest absolute Gasteiger partial charge is 0.203 e. The van der Waals surface area contributed by atoms with Gasteiger partial charge in [0.25, 0.3) is 0 Å². The number of nitriles is 1. The maximum atomic E-state index is 12.6. The van der Waals surface area contributed by atoms with Crippen LogP contribution in [0.2, 0.25) is 5.02 Å². The Bertz CT molecular complexity index is 1020. The van der Waals surface area contributed by atoms with Gasteiger partial charge in [0.15, 0.2) is 0 Å². The number of carbonyl (C=O) groups is 1. The maximum absolute atomic E-state index is 12.6. The van der Waals surface area contributed by atoms with Gasteiger partial charge in [0, 0.05) is 21.5 Å². The number of aromatic nitrogens is 1. The molecule has 0 saturated carbocycles. The molecular weight excluding hydrogens is 368 g/mol. The topological polar surface area (TPSA) is 63.0 Å². The van der Waals surface area contributed by atoms with Crippen molar-refractivity contribution >= 4 is 34.8 Å². The lowest BCUT2D eigenvalue weighted by molar-refractivity contribution is 0.103. The molecule has 0 spiro atoms. The monoisotopic (exact) mass is 380 g/mol. The molecule has 2 aromatic carbocycles. The minimum absolute atomic E-state index is 0.0196. The van der Waals surface area contributed by atoms with E-state index in [2.05, 4.69) is 4.98 Å². The molecule has 0 fully saturated rings. The number of ketones is 1. The number of allylic oxidation sites excluding steroid dienone is 1. The van der Waals surface area contributed by atoms with E-state index >= 15 is 0 Å². The van der Waals surface area contributed by atoms with Crippen molar-refractivity contribution in [2.24, 2.45) is 0 Å². The molecule has 0 N–H and O–H groups in total. The van der Waals surface area contributed by atoms with Gasteiger partial charge in [-0.15, -0.1) is 11.3 Å². The number of ether oxygens (including phenoxy) is 1. The Morgan fingerprint density at radius 2 is 2.04 bits per heavy atom. The molecule has 0 amide bonds. The number of benzene rings is 2. The maximum Gasteiger partial charge on any atom is 0.203 e. The van der Waals surface area contributed by atoms with Crippen LogP contribution in [0.1, 0.15) is 16.1 Å². The van der Waals surface area contributed by atoms with Gasteiger partial charge >= 0.3 is 0 Å². The summed E-state index contributed by atoms with van der Waals surface area (Å²) in [6.07, 6.45) is 1.50. The fourth-order valence-corrected chi connectivity index (χ4v) is 3.20. The van der Waals surface area contributed by atoms with E-state index < -0.39 is 0 Å². The van der Waals surface area contributed by atoms with Gasteiger partial charge in [0.05, 0.1) is 12.8 Å². The molecular formula is C20H13ClN2O2S. The van der Waals surface area contributed by atoms with Crippen LogP contribution in [0.5, 0.6) is 5.75 Å². The van der Waals surface area contributed by atoms with Crippen LogP contribution < -0.4 is 4.74 Å². The van der Waals surface area contributed by atoms with Gasteiger partial charge in [-0.25, -0.2) is 4.98 Å². The lowest BCUT2D eigenvalue weighted by atomic mass is 10.0. The highest BCUT2D eigenvalue weighted by Gasteiger charge is 2.14. The molecule has 26 heavy (non-hydrogen) atoms. The Labute approximate surface area is 160 Å². The molecule has 0 bridgehead atoms. The van der Waals surface area contributed by atoms with E-state index in [1.165, 1.54) is 24.5 Å². The summed E-state index contributed by atoms with van der Waals surface area (Å²) < 4.78 is 5.12. The van der Waals surface area contributed by atoms with Crippen LogP contribution >= 0.6 is 22.9 Å². The van der Waals surface area contributed by atoms with Crippen LogP contribution in [0.25, 0.3) is 16.6 Å². The molecule has 0 aliphatic heterocycles. The van der Waals surface area contributed by atoms with Gasteiger partial charge < -0.3 is 4.74 Å². The van der Waals surface area contributed by atoms with Crippen molar-refractivity contribution in [3.05, 3.63) is 75.8 Å². The lowest BCUT2D eigenvalue weighted by Gasteiger charge is -2.02. The van der Waals surface area contributed by atoms with Crippen molar-refractivity contribution in [2.75, 3.05) is 7.11 Å². The van der Waals surface area contributed by atoms with Crippen molar-refractivity contribution in [3.63, 3.8) is 0 Å². The number of hydrogen-bond donors (Lipinski definition) is 0. The Morgan fingerprint density at radius 3 is 2.73 bits per heavy atom. The molecule has 0 saturated heterocycles. The van der Waals surface area contributed by atoms with Crippen molar-refractivity contribution in [2.45, 2.75) is 0 Å². The minimum Gasteiger partial charge on any atom is -0.497 e. The zero-order chi connectivity index (χ0) is 18.5. The second-order valence-electron chi connectivity index (χ2n) is 5.32. The van der Waals surface area contributed by atoms with Crippen molar-refractivity contribution in [3.8, 4) is 22.4 Å². The van der Waals surface area contributed by atoms with E-state index in [-0.39, 0.29) is 11.4 Å². The van der Waals surface area contributed by atoms with Gasteiger partial charge in [-0.05, 0) is 30.3 Å². The minimum atomic E-state index is -0.368. The molecule has 6 heteroatoms. The third-order valence-electron chi connectivity index (χ3n) is 3.60. The second-order valence-corrected chi connectivity index (χ2v) is 6.61. The molecule has 3 aromatic rings. The molecule has 3 rings (SSSR count). The van der Waals surface area contributed by atoms with Crippen LogP contribution in [-0.2, 0) is 0 Å². The van der Waals surface area contributed by atoms with Crippen molar-refractivity contribution in [1.82, 2.24) is 4.98 Å². The largest absolute Gasteiger partial charge is 0.497 e. The van der Waals surface area contributed by atoms with Crippen molar-refractivity contribution < 1.29 is 9.53 Å². The standard InChI is InChI=1S/C20H13ClN2O2S/c1-25-18-4-2-3-14(10-18)19(24)15(11-22)9-17-12-26-20(23-17)13-5-7-16(21)8-6-13/h2-10,12H,1H3/b15-9+. The van der Waals surface area contributed by atoms with E-state index in [1.807, 2.05) is 18.2 Å². The Kier molecular flexibility index (Phi) is 5.47. The SMILES string of the molecule is COc1cccc(C(=O)/C(C#N)=C/c2csc(-c3ccc(Cl)cc3)n2)c1. The summed E-state index contributed by atoms with van der Waals surface area (Å²) >= 11 is 7.33. The summed E-state index contributed by atoms with van der Waals surface area (Å²) in [5.74, 6) is 0.194. The van der Waals surface area contributed by atoms with Crippen LogP contribution in [0.4, 0.5) is 0 Å². The molecule has 4 nitrogen and oxygen atoms in total. The van der Waals surface area contributed by atoms with E-state index in [4.69, 9.17) is 16.3 Å². The highest BCUT2D eigenvalue weighted by Crippen LogP contribution is 2.26. The summed E-state index contributed by atoms with van der Waals surface area (Å²) in [4.78, 5) is 17.1. The van der Waals surface area contributed by atoms with E-state index in [0.717, 1.165) is 10.6 Å². The number of methoxy groups -OCH3 is 1. The summed E-state index contributed by atoms with van der Waals surface area (Å²) in [7, 11) is 1.53. The van der Waals surface area contributed by atoms with Gasteiger partial charge in [0.1, 0.15) is 22.4 Å². The number of hydrogen-bond acceptors (Lipinski definition) is 5. The molecule has 0 atom stereocenters. The Balaban J connectivity index is 1.88. The van der Waals surface area contributed by atoms with Crippen LogP contribution in [-0.4, -0.2) is 17.9 Å². The number of rotatable bonds is 5. The zero-order valence-electron chi connectivity index (χ0n) is 13.8. The number of Topliss-reactive ketones (excluding diaryl/α,β-unsaturated/α-hetero) is 1. The summed E-state index contributed by atoms with van der Waals surface area (Å²) in [6, 6.07) is 16.0. The average molecular weight is 381 g/mol. The number of nitrogens with zero attached hydrogens (tertiary/aromatic N) is 2. The molecule has 0 aliphatic carbocycles. The number of thiazole rings is 1. The predicted molar refractivity (Wildman–Crippen MR) is 103 cm³/mol. The zero-order valence-corrected chi connectivity index (χ0v) is 15.3. The summed E-state index contributed by atoms with van der Waals surface area (Å²) in [6.45, 7) is 0. The average Bonchev–Trinajstić information content (AvgIpc) is 3.14. The summed E-state index contributed by atoms with van der Waals surface area (Å²) in [5, 5.41) is 12.6. The fraction of sp³-hybridized carbons (Fsp3) is 0.0500. The molecule has 1 aromatic heterocycles. The van der Waals surface area contributed by atoms with E-state index in [9.17, 15) is 10.1 Å². The molecule has 0 radical (unpaired) electrons. The molecule has 128 valence electrons. The predicted octanol–water partition coefficient (Wildman–Crippen LogP) is 5.26.